The summed E-state index contributed by atoms with van der Waals surface area (Å²) >= 11 is 0. The molecule has 0 radical (unpaired) electrons. The van der Waals surface area contributed by atoms with Crippen LogP contribution in [0.25, 0.3) is 0 Å². The van der Waals surface area contributed by atoms with E-state index in [-0.39, 0.29) is 5.69 Å². The lowest BCUT2D eigenvalue weighted by Gasteiger charge is -2.08. The number of nitrogens with zero attached hydrogens (tertiary/aromatic N) is 2. The van der Waals surface area contributed by atoms with E-state index in [1.807, 2.05) is 6.92 Å². The average Bonchev–Trinajstić information content (AvgIpc) is 2.33. The fraction of sp³-hybridized carbons (Fsp3) is 0.500. The molecule has 1 aromatic rings. The van der Waals surface area contributed by atoms with Gasteiger partial charge in [0.2, 0.25) is 0 Å². The van der Waals surface area contributed by atoms with Crippen molar-refractivity contribution in [3.05, 3.63) is 17.8 Å². The molecule has 1 amide bonds. The van der Waals surface area contributed by atoms with E-state index in [1.165, 1.54) is 12.1 Å². The number of hydrogen-bond acceptors (Lipinski definition) is 4. The van der Waals surface area contributed by atoms with Crippen LogP contribution in [0.3, 0.4) is 0 Å². The quantitative estimate of drug-likeness (QED) is 0.845. The van der Waals surface area contributed by atoms with Crippen molar-refractivity contribution in [3.63, 3.8) is 0 Å². The van der Waals surface area contributed by atoms with Gasteiger partial charge >= 0.3 is 6.18 Å². The largest absolute Gasteiger partial charge is 0.405 e. The number of halogens is 3. The Bertz CT molecular complexity index is 391. The molecule has 0 saturated heterocycles. The van der Waals surface area contributed by atoms with Gasteiger partial charge in [-0.1, -0.05) is 6.92 Å². The number of hydrogen-bond donors (Lipinski definition) is 2. The van der Waals surface area contributed by atoms with Crippen LogP contribution in [-0.2, 0) is 0 Å². The molecular formula is C10H13F3N4O. The number of carbonyl (C=O) groups is 1. The Morgan fingerprint density at radius 2 is 2.06 bits per heavy atom. The molecule has 0 aliphatic rings. The van der Waals surface area contributed by atoms with Crippen molar-refractivity contribution in [2.75, 3.05) is 18.4 Å². The highest BCUT2D eigenvalue weighted by molar-refractivity contribution is 5.92. The van der Waals surface area contributed by atoms with Crippen molar-refractivity contribution in [2.24, 2.45) is 0 Å². The van der Waals surface area contributed by atoms with Gasteiger partial charge in [-0.25, -0.2) is 0 Å². The van der Waals surface area contributed by atoms with E-state index in [1.54, 1.807) is 5.32 Å². The minimum atomic E-state index is -4.44. The van der Waals surface area contributed by atoms with Gasteiger partial charge in [-0.15, -0.1) is 10.2 Å². The van der Waals surface area contributed by atoms with Gasteiger partial charge in [0, 0.05) is 6.54 Å². The molecule has 18 heavy (non-hydrogen) atoms. The summed E-state index contributed by atoms with van der Waals surface area (Å²) in [4.78, 5) is 11.3. The van der Waals surface area contributed by atoms with Gasteiger partial charge in [-0.2, -0.15) is 13.2 Å². The highest BCUT2D eigenvalue weighted by atomic mass is 19.4. The first-order chi connectivity index (χ1) is 8.42. The second kappa shape index (κ2) is 6.18. The number of carbonyl (C=O) groups excluding carboxylic acids is 1. The smallest absolute Gasteiger partial charge is 0.369 e. The molecule has 100 valence electrons. The lowest BCUT2D eigenvalue weighted by molar-refractivity contribution is -0.123. The molecule has 0 aliphatic carbocycles. The normalized spacial score (nSPS) is 11.1. The second-order valence-corrected chi connectivity index (χ2v) is 3.53. The zero-order chi connectivity index (χ0) is 13.6. The van der Waals surface area contributed by atoms with Crippen LogP contribution < -0.4 is 10.6 Å². The fourth-order valence-electron chi connectivity index (χ4n) is 1.07. The van der Waals surface area contributed by atoms with Crippen molar-refractivity contribution in [1.29, 1.82) is 0 Å². The summed E-state index contributed by atoms with van der Waals surface area (Å²) in [5.74, 6) is -0.425. The monoisotopic (exact) mass is 262 g/mol. The maximum atomic E-state index is 11.9. The van der Waals surface area contributed by atoms with Crippen LogP contribution in [0.1, 0.15) is 23.8 Å². The number of aromatic nitrogens is 2. The van der Waals surface area contributed by atoms with Crippen molar-refractivity contribution in [1.82, 2.24) is 15.5 Å². The van der Waals surface area contributed by atoms with Crippen LogP contribution in [0.4, 0.5) is 19.0 Å². The van der Waals surface area contributed by atoms with E-state index < -0.39 is 18.6 Å². The predicted molar refractivity (Wildman–Crippen MR) is 59.2 cm³/mol. The van der Waals surface area contributed by atoms with Gasteiger partial charge in [0.25, 0.3) is 5.91 Å². The van der Waals surface area contributed by atoms with Crippen LogP contribution >= 0.6 is 0 Å². The molecule has 8 heteroatoms. The van der Waals surface area contributed by atoms with Crippen LogP contribution in [0.2, 0.25) is 0 Å². The molecule has 1 aromatic heterocycles. The van der Waals surface area contributed by atoms with Gasteiger partial charge in [0.1, 0.15) is 12.4 Å². The first-order valence-electron chi connectivity index (χ1n) is 5.35. The van der Waals surface area contributed by atoms with Crippen LogP contribution in [0.5, 0.6) is 0 Å². The van der Waals surface area contributed by atoms with Gasteiger partial charge in [0.05, 0.1) is 0 Å². The van der Waals surface area contributed by atoms with E-state index in [9.17, 15) is 18.0 Å². The Morgan fingerprint density at radius 3 is 2.56 bits per heavy atom. The molecule has 0 atom stereocenters. The minimum absolute atomic E-state index is 0.152. The number of nitrogens with one attached hydrogen (secondary N) is 2. The van der Waals surface area contributed by atoms with E-state index in [2.05, 4.69) is 15.5 Å². The molecule has 2 N–H and O–H groups in total. The highest BCUT2D eigenvalue weighted by Crippen LogP contribution is 2.12. The SMILES string of the molecule is CCCNc1ccc(C(=O)NCC(F)(F)F)nn1. The van der Waals surface area contributed by atoms with Gasteiger partial charge in [0.15, 0.2) is 5.69 Å². The summed E-state index contributed by atoms with van der Waals surface area (Å²) in [6.07, 6.45) is -3.54. The molecular weight excluding hydrogens is 249 g/mol. The molecule has 0 bridgehead atoms. The van der Waals surface area contributed by atoms with E-state index in [4.69, 9.17) is 0 Å². The van der Waals surface area contributed by atoms with Crippen molar-refractivity contribution in [2.45, 2.75) is 19.5 Å². The molecule has 1 heterocycles. The maximum absolute atomic E-state index is 11.9. The number of amides is 1. The third-order valence-corrected chi connectivity index (χ3v) is 1.90. The summed E-state index contributed by atoms with van der Waals surface area (Å²) in [5, 5.41) is 11.9. The predicted octanol–water partition coefficient (Wildman–Crippen LogP) is 1.59. The molecule has 0 unspecified atom stereocenters. The average molecular weight is 262 g/mol. The Morgan fingerprint density at radius 1 is 1.33 bits per heavy atom. The van der Waals surface area contributed by atoms with Crippen LogP contribution in [0, 0.1) is 0 Å². The third kappa shape index (κ3) is 4.98. The van der Waals surface area contributed by atoms with Crippen molar-refractivity contribution < 1.29 is 18.0 Å². The van der Waals surface area contributed by atoms with Gasteiger partial charge in [-0.3, -0.25) is 4.79 Å². The lowest BCUT2D eigenvalue weighted by atomic mass is 10.3. The number of anilines is 1. The van der Waals surface area contributed by atoms with Crippen molar-refractivity contribution in [3.8, 4) is 0 Å². The molecule has 5 nitrogen and oxygen atoms in total. The summed E-state index contributed by atoms with van der Waals surface area (Å²) in [7, 11) is 0. The fourth-order valence-corrected chi connectivity index (χ4v) is 1.07. The highest BCUT2D eigenvalue weighted by Gasteiger charge is 2.28. The first-order valence-corrected chi connectivity index (χ1v) is 5.35. The molecule has 0 saturated carbocycles. The summed E-state index contributed by atoms with van der Waals surface area (Å²) < 4.78 is 35.6. The zero-order valence-corrected chi connectivity index (χ0v) is 9.71. The van der Waals surface area contributed by atoms with E-state index >= 15 is 0 Å². The van der Waals surface area contributed by atoms with Gasteiger partial charge in [-0.05, 0) is 18.6 Å². The maximum Gasteiger partial charge on any atom is 0.405 e. The molecule has 0 spiro atoms. The minimum Gasteiger partial charge on any atom is -0.369 e. The number of rotatable bonds is 5. The Kier molecular flexibility index (Phi) is 4.87. The summed E-state index contributed by atoms with van der Waals surface area (Å²) in [6, 6.07) is 2.81. The standard InChI is InChI=1S/C10H13F3N4O/c1-2-5-14-8-4-3-7(16-17-8)9(18)15-6-10(11,12)13/h3-4H,2,5-6H2,1H3,(H,14,17)(H,15,18). The molecule has 1 rings (SSSR count). The Labute approximate surface area is 102 Å². The topological polar surface area (TPSA) is 66.9 Å². The van der Waals surface area contributed by atoms with Crippen LogP contribution in [0.15, 0.2) is 12.1 Å². The molecule has 0 fully saturated rings. The molecule has 0 aliphatic heterocycles. The lowest BCUT2D eigenvalue weighted by Crippen LogP contribution is -2.34. The summed E-state index contributed by atoms with van der Waals surface area (Å²) in [6.45, 7) is 1.29. The second-order valence-electron chi connectivity index (χ2n) is 3.53. The Balaban J connectivity index is 2.54. The number of alkyl halides is 3. The first kappa shape index (κ1) is 14.2. The van der Waals surface area contributed by atoms with Crippen molar-refractivity contribution >= 4 is 11.7 Å². The Hall–Kier alpha value is -1.86. The van der Waals surface area contributed by atoms with E-state index in [0.29, 0.717) is 12.4 Å². The third-order valence-electron chi connectivity index (χ3n) is 1.90. The van der Waals surface area contributed by atoms with E-state index in [0.717, 1.165) is 6.42 Å². The molecule has 0 aromatic carbocycles. The van der Waals surface area contributed by atoms with Gasteiger partial charge < -0.3 is 10.6 Å². The zero-order valence-electron chi connectivity index (χ0n) is 9.71. The summed E-state index contributed by atoms with van der Waals surface area (Å²) in [5.41, 5.74) is -0.152. The van der Waals surface area contributed by atoms with Crippen LogP contribution in [-0.4, -0.2) is 35.4 Å².